The van der Waals surface area contributed by atoms with Crippen molar-refractivity contribution in [2.45, 2.75) is 63.6 Å². The van der Waals surface area contributed by atoms with E-state index >= 15 is 0 Å². The van der Waals surface area contributed by atoms with Gasteiger partial charge in [-0.3, -0.25) is 0 Å². The Labute approximate surface area is 128 Å². The van der Waals surface area contributed by atoms with Crippen LogP contribution in [0.2, 0.25) is 0 Å². The predicted molar refractivity (Wildman–Crippen MR) is 85.6 cm³/mol. The van der Waals surface area contributed by atoms with E-state index in [4.69, 9.17) is 0 Å². The molecule has 1 N–H and O–H groups in total. The molecule has 1 aliphatic heterocycles. The molecule has 1 saturated heterocycles. The molecule has 0 bridgehead atoms. The lowest BCUT2D eigenvalue weighted by molar-refractivity contribution is 0.328. The number of benzene rings is 1. The first-order valence-electron chi connectivity index (χ1n) is 7.84. The topological polar surface area (TPSA) is 49.4 Å². The van der Waals surface area contributed by atoms with Crippen LogP contribution in [-0.4, -0.2) is 31.4 Å². The predicted octanol–water partition coefficient (Wildman–Crippen LogP) is 2.75. The van der Waals surface area contributed by atoms with E-state index in [9.17, 15) is 8.42 Å². The highest BCUT2D eigenvalue weighted by molar-refractivity contribution is 7.89. The molecule has 0 amide bonds. The van der Waals surface area contributed by atoms with Crippen LogP contribution in [0.5, 0.6) is 0 Å². The van der Waals surface area contributed by atoms with E-state index in [1.165, 1.54) is 0 Å². The molecular weight excluding hydrogens is 284 g/mol. The fourth-order valence-corrected chi connectivity index (χ4v) is 5.32. The molecule has 4 nitrogen and oxygen atoms in total. The van der Waals surface area contributed by atoms with Gasteiger partial charge in [0.05, 0.1) is 4.90 Å². The second-order valence-corrected chi connectivity index (χ2v) is 7.52. The maximum Gasteiger partial charge on any atom is 0.243 e. The molecule has 21 heavy (non-hydrogen) atoms. The largest absolute Gasteiger partial charge is 0.313 e. The van der Waals surface area contributed by atoms with Gasteiger partial charge in [-0.15, -0.1) is 0 Å². The molecule has 2 unspecified atom stereocenters. The van der Waals surface area contributed by atoms with E-state index in [0.29, 0.717) is 11.4 Å². The normalized spacial score (nSPS) is 23.6. The maximum absolute atomic E-state index is 13.1. The molecule has 1 fully saturated rings. The van der Waals surface area contributed by atoms with Crippen molar-refractivity contribution < 1.29 is 8.42 Å². The highest BCUT2D eigenvalue weighted by Crippen LogP contribution is 2.33. The van der Waals surface area contributed by atoms with Gasteiger partial charge in [-0.05, 0) is 44.4 Å². The van der Waals surface area contributed by atoms with Crippen molar-refractivity contribution in [2.24, 2.45) is 0 Å². The third kappa shape index (κ3) is 3.30. The van der Waals surface area contributed by atoms with Crippen molar-refractivity contribution >= 4 is 10.0 Å². The van der Waals surface area contributed by atoms with Gasteiger partial charge in [-0.2, -0.15) is 4.31 Å². The fraction of sp³-hybridized carbons (Fsp3) is 0.625. The summed E-state index contributed by atoms with van der Waals surface area (Å²) in [6.07, 6.45) is 2.79. The number of hydrogen-bond donors (Lipinski definition) is 1. The minimum absolute atomic E-state index is 0.0899. The van der Waals surface area contributed by atoms with Crippen LogP contribution in [0, 0.1) is 0 Å². The maximum atomic E-state index is 13.1. The van der Waals surface area contributed by atoms with Crippen LogP contribution in [0.15, 0.2) is 29.2 Å². The van der Waals surface area contributed by atoms with Crippen molar-refractivity contribution in [2.75, 3.05) is 6.54 Å². The van der Waals surface area contributed by atoms with E-state index in [2.05, 4.69) is 12.2 Å². The molecule has 5 heteroatoms. The van der Waals surface area contributed by atoms with Crippen LogP contribution < -0.4 is 5.32 Å². The molecule has 2 atom stereocenters. The van der Waals surface area contributed by atoms with Gasteiger partial charge < -0.3 is 5.32 Å². The third-order valence-electron chi connectivity index (χ3n) is 4.28. The average Bonchev–Trinajstić information content (AvgIpc) is 2.87. The van der Waals surface area contributed by atoms with E-state index < -0.39 is 10.0 Å². The molecule has 0 saturated carbocycles. The number of nitrogens with zero attached hydrogens (tertiary/aromatic N) is 1. The Kier molecular flexibility index (Phi) is 5.41. The Bertz CT molecular complexity index is 571. The molecule has 0 aromatic heterocycles. The molecule has 1 aromatic rings. The summed E-state index contributed by atoms with van der Waals surface area (Å²) in [6, 6.07) is 7.57. The Morgan fingerprint density at radius 2 is 1.95 bits per heavy atom. The van der Waals surface area contributed by atoms with Crippen LogP contribution in [0.1, 0.15) is 45.6 Å². The molecule has 1 heterocycles. The fourth-order valence-electron chi connectivity index (χ4n) is 3.14. The molecule has 0 aliphatic carbocycles. The number of nitrogens with one attached hydrogen (secondary N) is 1. The monoisotopic (exact) mass is 310 g/mol. The first kappa shape index (κ1) is 16.5. The van der Waals surface area contributed by atoms with Crippen LogP contribution in [0.25, 0.3) is 0 Å². The van der Waals surface area contributed by atoms with Gasteiger partial charge in [0.2, 0.25) is 10.0 Å². The van der Waals surface area contributed by atoms with E-state index in [1.54, 1.807) is 10.4 Å². The lowest BCUT2D eigenvalue weighted by Gasteiger charge is -2.28. The highest BCUT2D eigenvalue weighted by atomic mass is 32.2. The van der Waals surface area contributed by atoms with Gasteiger partial charge in [-0.25, -0.2) is 8.42 Å². The summed E-state index contributed by atoms with van der Waals surface area (Å²) in [6.45, 7) is 7.51. The zero-order valence-electron chi connectivity index (χ0n) is 13.2. The van der Waals surface area contributed by atoms with Crippen molar-refractivity contribution in [1.82, 2.24) is 9.62 Å². The summed E-state index contributed by atoms with van der Waals surface area (Å²) in [5.74, 6) is 0. The van der Waals surface area contributed by atoms with Gasteiger partial charge >= 0.3 is 0 Å². The Morgan fingerprint density at radius 3 is 2.62 bits per heavy atom. The number of hydrogen-bond acceptors (Lipinski definition) is 3. The summed E-state index contributed by atoms with van der Waals surface area (Å²) in [5, 5.41) is 3.22. The molecule has 118 valence electrons. The quantitative estimate of drug-likeness (QED) is 0.879. The standard InChI is InChI=1S/C16H26N2O2S/c1-4-15-11-10-13(3)18(15)21(19,20)16-9-7-6-8-14(16)12-17-5-2/h6-9,13,15,17H,4-5,10-12H2,1-3H3. The smallest absolute Gasteiger partial charge is 0.243 e. The first-order valence-corrected chi connectivity index (χ1v) is 9.28. The average molecular weight is 310 g/mol. The zero-order valence-corrected chi connectivity index (χ0v) is 14.0. The molecule has 0 spiro atoms. The summed E-state index contributed by atoms with van der Waals surface area (Å²) in [7, 11) is -3.42. The Morgan fingerprint density at radius 1 is 1.24 bits per heavy atom. The molecule has 0 radical (unpaired) electrons. The number of sulfonamides is 1. The summed E-state index contributed by atoms with van der Waals surface area (Å²) >= 11 is 0. The zero-order chi connectivity index (χ0) is 15.5. The highest BCUT2D eigenvalue weighted by Gasteiger charge is 2.39. The number of rotatable bonds is 6. The molecule has 1 aromatic carbocycles. The summed E-state index contributed by atoms with van der Waals surface area (Å²) < 4.78 is 27.9. The third-order valence-corrected chi connectivity index (χ3v) is 6.44. The van der Waals surface area contributed by atoms with Gasteiger partial charge in [0, 0.05) is 18.6 Å². The molecule has 1 aliphatic rings. The van der Waals surface area contributed by atoms with Crippen LogP contribution in [0.4, 0.5) is 0 Å². The first-order chi connectivity index (χ1) is 10.0. The minimum Gasteiger partial charge on any atom is -0.313 e. The van der Waals surface area contributed by atoms with Gasteiger partial charge in [0.15, 0.2) is 0 Å². The molecule has 2 rings (SSSR count). The van der Waals surface area contributed by atoms with Crippen molar-refractivity contribution in [3.8, 4) is 0 Å². The summed E-state index contributed by atoms with van der Waals surface area (Å²) in [5.41, 5.74) is 0.855. The van der Waals surface area contributed by atoms with Crippen LogP contribution >= 0.6 is 0 Å². The van der Waals surface area contributed by atoms with Gasteiger partial charge in [-0.1, -0.05) is 32.0 Å². The second-order valence-electron chi connectivity index (χ2n) is 5.71. The summed E-state index contributed by atoms with van der Waals surface area (Å²) in [4.78, 5) is 0.457. The van der Waals surface area contributed by atoms with Crippen molar-refractivity contribution in [1.29, 1.82) is 0 Å². The lowest BCUT2D eigenvalue weighted by Crippen LogP contribution is -2.40. The van der Waals surface area contributed by atoms with Crippen molar-refractivity contribution in [3.05, 3.63) is 29.8 Å². The van der Waals surface area contributed by atoms with E-state index in [-0.39, 0.29) is 12.1 Å². The minimum atomic E-state index is -3.42. The molecular formula is C16H26N2O2S. The van der Waals surface area contributed by atoms with Crippen LogP contribution in [0.3, 0.4) is 0 Å². The van der Waals surface area contributed by atoms with Gasteiger partial charge in [0.1, 0.15) is 0 Å². The van der Waals surface area contributed by atoms with E-state index in [0.717, 1.165) is 31.4 Å². The SMILES string of the molecule is CCNCc1ccccc1S(=O)(=O)N1C(C)CCC1CC. The Hall–Kier alpha value is -0.910. The van der Waals surface area contributed by atoms with Crippen LogP contribution in [-0.2, 0) is 16.6 Å². The van der Waals surface area contributed by atoms with Crippen molar-refractivity contribution in [3.63, 3.8) is 0 Å². The van der Waals surface area contributed by atoms with E-state index in [1.807, 2.05) is 32.0 Å². The van der Waals surface area contributed by atoms with Gasteiger partial charge in [0.25, 0.3) is 0 Å². The Balaban J connectivity index is 2.39. The second kappa shape index (κ2) is 6.90. The lowest BCUT2D eigenvalue weighted by atomic mass is 10.2.